The predicted octanol–water partition coefficient (Wildman–Crippen LogP) is 6.64. The molecule has 0 saturated heterocycles. The van der Waals surface area contributed by atoms with E-state index in [1.54, 1.807) is 61.5 Å². The normalized spacial score (nSPS) is 12.7. The molecule has 3 aromatic rings. The Bertz CT molecular complexity index is 1500. The molecule has 0 unspecified atom stereocenters. The van der Waals surface area contributed by atoms with Gasteiger partial charge in [0.05, 0.1) is 17.2 Å². The lowest BCUT2D eigenvalue weighted by Crippen LogP contribution is -2.52. The van der Waals surface area contributed by atoms with Crippen molar-refractivity contribution >= 4 is 62.5 Å². The van der Waals surface area contributed by atoms with Crippen LogP contribution in [-0.2, 0) is 26.2 Å². The molecule has 0 saturated carbocycles. The topological polar surface area (TPSA) is 96.0 Å². The Balaban J connectivity index is 2.06. The Morgan fingerprint density at radius 1 is 0.977 bits per heavy atom. The first-order valence-corrected chi connectivity index (χ1v) is 17.3. The van der Waals surface area contributed by atoms with E-state index in [1.165, 1.54) is 28.8 Å². The van der Waals surface area contributed by atoms with Crippen molar-refractivity contribution in [1.29, 1.82) is 0 Å². The monoisotopic (exact) mass is 665 g/mol. The summed E-state index contributed by atoms with van der Waals surface area (Å²) in [5.41, 5.74) is 0.831. The van der Waals surface area contributed by atoms with Crippen LogP contribution in [0.3, 0.4) is 0 Å². The summed E-state index contributed by atoms with van der Waals surface area (Å²) in [6, 6.07) is 16.8. The van der Waals surface area contributed by atoms with E-state index < -0.39 is 28.5 Å². The fraction of sp³-hybridized carbons (Fsp3) is 0.355. The summed E-state index contributed by atoms with van der Waals surface area (Å²) in [4.78, 5) is 29.6. The standard InChI is InChI=1S/C31H37Cl2N3O5S2/c1-6-21(3)34-31(38)22(4)35(19-23-8-9-24(32)18-29(23)33)30(37)20-36(25-10-12-26(13-11-25)41-7-2)43(39,40)28-16-14-27(42-5)15-17-28/h8-18,21-22H,6-7,19-20H2,1-5H3,(H,34,38)/t21-,22-/m1/s1. The van der Waals surface area contributed by atoms with Gasteiger partial charge < -0.3 is 15.0 Å². The lowest BCUT2D eigenvalue weighted by molar-refractivity contribution is -0.139. The van der Waals surface area contributed by atoms with E-state index in [0.29, 0.717) is 34.4 Å². The van der Waals surface area contributed by atoms with Gasteiger partial charge in [-0.25, -0.2) is 8.42 Å². The van der Waals surface area contributed by atoms with Gasteiger partial charge in [-0.05, 0) is 99.7 Å². The molecule has 3 rings (SSSR count). The van der Waals surface area contributed by atoms with Crippen LogP contribution in [0.1, 0.15) is 39.7 Å². The molecule has 0 aromatic heterocycles. The van der Waals surface area contributed by atoms with Crippen molar-refractivity contribution in [3.8, 4) is 5.75 Å². The number of benzene rings is 3. The lowest BCUT2D eigenvalue weighted by atomic mass is 10.1. The number of thioether (sulfide) groups is 1. The first-order valence-electron chi connectivity index (χ1n) is 13.8. The van der Waals surface area contributed by atoms with Gasteiger partial charge in [0.1, 0.15) is 18.3 Å². The summed E-state index contributed by atoms with van der Waals surface area (Å²) >= 11 is 14.0. The molecule has 0 heterocycles. The lowest BCUT2D eigenvalue weighted by Gasteiger charge is -2.32. The molecular formula is C31H37Cl2N3O5S2. The Hall–Kier alpha value is -2.92. The average molecular weight is 667 g/mol. The van der Waals surface area contributed by atoms with Crippen LogP contribution in [0.4, 0.5) is 5.69 Å². The number of carbonyl (C=O) groups excluding carboxylic acids is 2. The Kier molecular flexibility index (Phi) is 12.6. The fourth-order valence-corrected chi connectivity index (χ4v) is 6.45. The smallest absolute Gasteiger partial charge is 0.264 e. The van der Waals surface area contributed by atoms with E-state index in [4.69, 9.17) is 27.9 Å². The molecular weight excluding hydrogens is 629 g/mol. The molecule has 0 aliphatic rings. The zero-order valence-electron chi connectivity index (χ0n) is 24.8. The number of rotatable bonds is 14. The molecule has 0 aliphatic heterocycles. The van der Waals surface area contributed by atoms with Gasteiger partial charge in [0, 0.05) is 27.5 Å². The number of anilines is 1. The minimum Gasteiger partial charge on any atom is -0.494 e. The third kappa shape index (κ3) is 9.04. The molecule has 0 aliphatic carbocycles. The number of ether oxygens (including phenoxy) is 1. The second-order valence-electron chi connectivity index (χ2n) is 9.87. The minimum absolute atomic E-state index is 0.0295. The SMILES string of the molecule is CCOc1ccc(N(CC(=O)N(Cc2ccc(Cl)cc2Cl)[C@H](C)C(=O)N[C@H](C)CC)S(=O)(=O)c2ccc(SC)cc2)cc1. The van der Waals surface area contributed by atoms with E-state index in [1.807, 2.05) is 27.0 Å². The van der Waals surface area contributed by atoms with Gasteiger partial charge in [-0.2, -0.15) is 0 Å². The number of hydrogen-bond acceptors (Lipinski definition) is 6. The van der Waals surface area contributed by atoms with Crippen molar-refractivity contribution in [2.45, 2.75) is 62.5 Å². The van der Waals surface area contributed by atoms with E-state index in [0.717, 1.165) is 9.20 Å². The maximum absolute atomic E-state index is 14.1. The highest BCUT2D eigenvalue weighted by atomic mass is 35.5. The van der Waals surface area contributed by atoms with Crippen molar-refractivity contribution in [2.24, 2.45) is 0 Å². The zero-order valence-corrected chi connectivity index (χ0v) is 28.0. The van der Waals surface area contributed by atoms with E-state index in [-0.39, 0.29) is 29.1 Å². The van der Waals surface area contributed by atoms with Gasteiger partial charge in [0.15, 0.2) is 0 Å². The molecule has 0 bridgehead atoms. The van der Waals surface area contributed by atoms with Crippen LogP contribution in [-0.4, -0.2) is 56.6 Å². The third-order valence-corrected chi connectivity index (χ3v) is 10.0. The van der Waals surface area contributed by atoms with Gasteiger partial charge >= 0.3 is 0 Å². The van der Waals surface area contributed by atoms with Crippen LogP contribution in [0, 0.1) is 0 Å². The first-order chi connectivity index (χ1) is 20.4. The highest BCUT2D eigenvalue weighted by molar-refractivity contribution is 7.98. The molecule has 232 valence electrons. The Morgan fingerprint density at radius 3 is 2.19 bits per heavy atom. The van der Waals surface area contributed by atoms with Crippen LogP contribution in [0.5, 0.6) is 5.75 Å². The highest BCUT2D eigenvalue weighted by Crippen LogP contribution is 2.29. The summed E-state index contributed by atoms with van der Waals surface area (Å²) < 4.78 is 34.7. The molecule has 43 heavy (non-hydrogen) atoms. The molecule has 2 amide bonds. The number of sulfonamides is 1. The number of nitrogens with one attached hydrogen (secondary N) is 1. The van der Waals surface area contributed by atoms with Gasteiger partial charge in [0.2, 0.25) is 11.8 Å². The Morgan fingerprint density at radius 2 is 1.63 bits per heavy atom. The maximum atomic E-state index is 14.1. The molecule has 2 atom stereocenters. The van der Waals surface area contributed by atoms with Crippen LogP contribution < -0.4 is 14.4 Å². The molecule has 8 nitrogen and oxygen atoms in total. The van der Waals surface area contributed by atoms with Crippen molar-refractivity contribution in [1.82, 2.24) is 10.2 Å². The third-order valence-electron chi connectivity index (χ3n) is 6.89. The summed E-state index contributed by atoms with van der Waals surface area (Å²) in [7, 11) is -4.20. The highest BCUT2D eigenvalue weighted by Gasteiger charge is 2.33. The summed E-state index contributed by atoms with van der Waals surface area (Å²) in [6.45, 7) is 7.11. The zero-order chi connectivity index (χ0) is 31.7. The van der Waals surface area contributed by atoms with Crippen molar-refractivity contribution in [2.75, 3.05) is 23.7 Å². The van der Waals surface area contributed by atoms with Crippen molar-refractivity contribution in [3.05, 3.63) is 82.3 Å². The second kappa shape index (κ2) is 15.7. The Labute approximate surface area is 268 Å². The molecule has 1 N–H and O–H groups in total. The second-order valence-corrected chi connectivity index (χ2v) is 13.5. The van der Waals surface area contributed by atoms with Crippen LogP contribution in [0.15, 0.2) is 76.5 Å². The first kappa shape index (κ1) is 34.6. The van der Waals surface area contributed by atoms with Crippen molar-refractivity contribution in [3.63, 3.8) is 0 Å². The quantitative estimate of drug-likeness (QED) is 0.194. The van der Waals surface area contributed by atoms with E-state index >= 15 is 0 Å². The summed E-state index contributed by atoms with van der Waals surface area (Å²) in [5, 5.41) is 3.66. The largest absolute Gasteiger partial charge is 0.494 e. The number of nitrogens with zero attached hydrogens (tertiary/aromatic N) is 2. The summed E-state index contributed by atoms with van der Waals surface area (Å²) in [5.74, 6) is -0.388. The molecule has 0 radical (unpaired) electrons. The number of carbonyl (C=O) groups is 2. The minimum atomic E-state index is -4.20. The van der Waals surface area contributed by atoms with Gasteiger partial charge in [-0.1, -0.05) is 36.2 Å². The molecule has 0 spiro atoms. The summed E-state index contributed by atoms with van der Waals surface area (Å²) in [6.07, 6.45) is 2.60. The predicted molar refractivity (Wildman–Crippen MR) is 175 cm³/mol. The number of hydrogen-bond donors (Lipinski definition) is 1. The number of halogens is 2. The van der Waals surface area contributed by atoms with Gasteiger partial charge in [-0.3, -0.25) is 13.9 Å². The maximum Gasteiger partial charge on any atom is 0.264 e. The van der Waals surface area contributed by atoms with Gasteiger partial charge in [-0.15, -0.1) is 11.8 Å². The van der Waals surface area contributed by atoms with E-state index in [2.05, 4.69) is 5.32 Å². The van der Waals surface area contributed by atoms with Gasteiger partial charge in [0.25, 0.3) is 10.0 Å². The molecule has 12 heteroatoms. The number of amides is 2. The molecule has 0 fully saturated rings. The fourth-order valence-electron chi connectivity index (χ4n) is 4.16. The van der Waals surface area contributed by atoms with Crippen LogP contribution in [0.25, 0.3) is 0 Å². The van der Waals surface area contributed by atoms with Crippen molar-refractivity contribution < 1.29 is 22.7 Å². The average Bonchev–Trinajstić information content (AvgIpc) is 2.99. The van der Waals surface area contributed by atoms with E-state index in [9.17, 15) is 18.0 Å². The molecule has 3 aromatic carbocycles. The van der Waals surface area contributed by atoms with Crippen LogP contribution in [0.2, 0.25) is 10.0 Å². The van der Waals surface area contributed by atoms with Crippen LogP contribution >= 0.6 is 35.0 Å².